The van der Waals surface area contributed by atoms with E-state index in [1.807, 2.05) is 61.5 Å². The quantitative estimate of drug-likeness (QED) is 0.516. The molecule has 0 saturated carbocycles. The third-order valence-corrected chi connectivity index (χ3v) is 4.34. The highest BCUT2D eigenvalue weighted by Crippen LogP contribution is 2.23. The number of ether oxygens (including phenoxy) is 2. The number of halogens is 1. The smallest absolute Gasteiger partial charge is 0.265 e. The molecule has 0 aliphatic carbocycles. The Kier molecular flexibility index (Phi) is 6.93. The molecule has 0 spiro atoms. The van der Waals surface area contributed by atoms with Crippen LogP contribution in [0.5, 0.6) is 11.5 Å². The van der Waals surface area contributed by atoms with Crippen molar-refractivity contribution in [3.8, 4) is 11.5 Å². The number of rotatable bonds is 8. The Balaban J connectivity index is 1.77. The highest BCUT2D eigenvalue weighted by molar-refractivity contribution is 6.30. The Morgan fingerprint density at radius 1 is 0.893 bits per heavy atom. The van der Waals surface area contributed by atoms with Gasteiger partial charge in [0.15, 0.2) is 6.61 Å². The molecule has 0 aliphatic heterocycles. The number of hydrogen-bond donors (Lipinski definition) is 0. The number of carbonyl (C=O) groups excluding carboxylic acids is 1. The molecule has 0 atom stereocenters. The lowest BCUT2D eigenvalue weighted by molar-refractivity contribution is -0.120. The van der Waals surface area contributed by atoms with Crippen LogP contribution in [-0.4, -0.2) is 19.1 Å². The predicted octanol–water partition coefficient (Wildman–Crippen LogP) is 5.35. The largest absolute Gasteiger partial charge is 0.494 e. The Bertz CT molecular complexity index is 897. The molecule has 0 aromatic heterocycles. The Labute approximate surface area is 170 Å². The zero-order chi connectivity index (χ0) is 19.8. The normalized spacial score (nSPS) is 10.4. The average Bonchev–Trinajstić information content (AvgIpc) is 2.72. The lowest BCUT2D eigenvalue weighted by Gasteiger charge is -2.23. The first-order valence-electron chi connectivity index (χ1n) is 9.11. The van der Waals surface area contributed by atoms with Crippen LogP contribution in [0.3, 0.4) is 0 Å². The highest BCUT2D eigenvalue weighted by Gasteiger charge is 2.17. The van der Waals surface area contributed by atoms with Crippen molar-refractivity contribution in [2.24, 2.45) is 0 Å². The van der Waals surface area contributed by atoms with Crippen LogP contribution in [0.2, 0.25) is 5.02 Å². The second-order valence-corrected chi connectivity index (χ2v) is 6.57. The molecule has 0 saturated heterocycles. The summed E-state index contributed by atoms with van der Waals surface area (Å²) in [5.41, 5.74) is 1.82. The van der Waals surface area contributed by atoms with E-state index in [1.165, 1.54) is 0 Å². The third-order valence-electron chi connectivity index (χ3n) is 4.10. The molecule has 0 radical (unpaired) electrons. The van der Waals surface area contributed by atoms with E-state index in [0.29, 0.717) is 23.9 Å². The van der Waals surface area contributed by atoms with Gasteiger partial charge in [0.05, 0.1) is 13.2 Å². The Morgan fingerprint density at radius 2 is 1.64 bits per heavy atom. The van der Waals surface area contributed by atoms with Crippen LogP contribution in [0.25, 0.3) is 0 Å². The van der Waals surface area contributed by atoms with Crippen molar-refractivity contribution in [3.63, 3.8) is 0 Å². The first-order valence-corrected chi connectivity index (χ1v) is 9.49. The van der Waals surface area contributed by atoms with Crippen LogP contribution in [0.15, 0.2) is 78.9 Å². The number of carbonyl (C=O) groups is 1. The van der Waals surface area contributed by atoms with Gasteiger partial charge in [0.25, 0.3) is 5.91 Å². The van der Waals surface area contributed by atoms with Crippen molar-refractivity contribution in [3.05, 3.63) is 89.4 Å². The molecule has 1 amide bonds. The first kappa shape index (κ1) is 19.8. The summed E-state index contributed by atoms with van der Waals surface area (Å²) in [4.78, 5) is 14.7. The van der Waals surface area contributed by atoms with E-state index in [1.54, 1.807) is 29.2 Å². The molecule has 4 nitrogen and oxygen atoms in total. The molecule has 0 heterocycles. The summed E-state index contributed by atoms with van der Waals surface area (Å²) in [6.45, 7) is 2.90. The van der Waals surface area contributed by atoms with Crippen LogP contribution >= 0.6 is 11.6 Å². The fraction of sp³-hybridized carbons (Fsp3) is 0.174. The SMILES string of the molecule is CCOc1ccc(N(Cc2ccccc2)C(=O)COc2cccc(Cl)c2)cc1. The maximum absolute atomic E-state index is 13.0. The molecule has 0 unspecified atom stereocenters. The molecule has 0 fully saturated rings. The summed E-state index contributed by atoms with van der Waals surface area (Å²) in [7, 11) is 0. The fourth-order valence-electron chi connectivity index (χ4n) is 2.76. The standard InChI is InChI=1S/C23H22ClNO3/c1-2-27-21-13-11-20(12-14-21)25(16-18-7-4-3-5-8-18)23(26)17-28-22-10-6-9-19(24)15-22/h3-15H,2,16-17H2,1H3. The van der Waals surface area contributed by atoms with Gasteiger partial charge in [-0.25, -0.2) is 0 Å². The van der Waals surface area contributed by atoms with Crippen molar-refractivity contribution < 1.29 is 14.3 Å². The Morgan fingerprint density at radius 3 is 2.32 bits per heavy atom. The zero-order valence-electron chi connectivity index (χ0n) is 15.7. The summed E-state index contributed by atoms with van der Waals surface area (Å²) in [6, 6.07) is 24.4. The number of amides is 1. The lowest BCUT2D eigenvalue weighted by Crippen LogP contribution is -2.34. The number of hydrogen-bond acceptors (Lipinski definition) is 3. The van der Waals surface area contributed by atoms with E-state index in [-0.39, 0.29) is 12.5 Å². The van der Waals surface area contributed by atoms with Gasteiger partial charge in [-0.2, -0.15) is 0 Å². The van der Waals surface area contributed by atoms with E-state index in [0.717, 1.165) is 17.0 Å². The zero-order valence-corrected chi connectivity index (χ0v) is 16.4. The highest BCUT2D eigenvalue weighted by atomic mass is 35.5. The monoisotopic (exact) mass is 395 g/mol. The minimum absolute atomic E-state index is 0.0829. The summed E-state index contributed by atoms with van der Waals surface area (Å²) in [5, 5.41) is 0.567. The van der Waals surface area contributed by atoms with Crippen molar-refractivity contribution >= 4 is 23.2 Å². The van der Waals surface area contributed by atoms with Gasteiger partial charge in [-0.1, -0.05) is 48.0 Å². The maximum Gasteiger partial charge on any atom is 0.265 e. The first-order chi connectivity index (χ1) is 13.7. The summed E-state index contributed by atoms with van der Waals surface area (Å²) >= 11 is 5.98. The van der Waals surface area contributed by atoms with Gasteiger partial charge in [0, 0.05) is 10.7 Å². The second kappa shape index (κ2) is 9.81. The molecule has 5 heteroatoms. The Hall–Kier alpha value is -2.98. The number of benzene rings is 3. The molecule has 0 bridgehead atoms. The van der Waals surface area contributed by atoms with Gasteiger partial charge in [-0.05, 0) is 55.0 Å². The fourth-order valence-corrected chi connectivity index (χ4v) is 2.94. The molecule has 3 aromatic carbocycles. The minimum Gasteiger partial charge on any atom is -0.494 e. The van der Waals surface area contributed by atoms with Crippen molar-refractivity contribution in [2.45, 2.75) is 13.5 Å². The second-order valence-electron chi connectivity index (χ2n) is 6.14. The van der Waals surface area contributed by atoms with Crippen molar-refractivity contribution in [1.82, 2.24) is 0 Å². The summed E-state index contributed by atoms with van der Waals surface area (Å²) in [6.07, 6.45) is 0. The van der Waals surface area contributed by atoms with Gasteiger partial charge in [0.2, 0.25) is 0 Å². The molecular weight excluding hydrogens is 374 g/mol. The maximum atomic E-state index is 13.0. The van der Waals surface area contributed by atoms with E-state index in [4.69, 9.17) is 21.1 Å². The third kappa shape index (κ3) is 5.51. The topological polar surface area (TPSA) is 38.8 Å². The van der Waals surface area contributed by atoms with Gasteiger partial charge in [-0.3, -0.25) is 4.79 Å². The molecule has 28 heavy (non-hydrogen) atoms. The van der Waals surface area contributed by atoms with E-state index < -0.39 is 0 Å². The van der Waals surface area contributed by atoms with Crippen LogP contribution in [0.4, 0.5) is 5.69 Å². The molecule has 3 aromatic rings. The molecule has 0 aliphatic rings. The van der Waals surface area contributed by atoms with Crippen LogP contribution < -0.4 is 14.4 Å². The van der Waals surface area contributed by atoms with Gasteiger partial charge in [0.1, 0.15) is 11.5 Å². The summed E-state index contributed by atoms with van der Waals surface area (Å²) in [5.74, 6) is 1.19. The van der Waals surface area contributed by atoms with E-state index in [2.05, 4.69) is 0 Å². The molecule has 3 rings (SSSR count). The molecule has 0 N–H and O–H groups in total. The summed E-state index contributed by atoms with van der Waals surface area (Å²) < 4.78 is 11.1. The van der Waals surface area contributed by atoms with Gasteiger partial charge in [-0.15, -0.1) is 0 Å². The van der Waals surface area contributed by atoms with E-state index in [9.17, 15) is 4.79 Å². The van der Waals surface area contributed by atoms with Crippen LogP contribution in [-0.2, 0) is 11.3 Å². The lowest BCUT2D eigenvalue weighted by atomic mass is 10.2. The van der Waals surface area contributed by atoms with E-state index >= 15 is 0 Å². The van der Waals surface area contributed by atoms with Crippen LogP contribution in [0, 0.1) is 0 Å². The number of nitrogens with zero attached hydrogens (tertiary/aromatic N) is 1. The minimum atomic E-state index is -0.145. The van der Waals surface area contributed by atoms with Crippen LogP contribution in [0.1, 0.15) is 12.5 Å². The average molecular weight is 396 g/mol. The number of anilines is 1. The molecular formula is C23H22ClNO3. The predicted molar refractivity (Wildman–Crippen MR) is 112 cm³/mol. The van der Waals surface area contributed by atoms with Gasteiger partial charge >= 0.3 is 0 Å². The van der Waals surface area contributed by atoms with Crippen molar-refractivity contribution in [2.75, 3.05) is 18.1 Å². The molecule has 144 valence electrons. The van der Waals surface area contributed by atoms with Crippen molar-refractivity contribution in [1.29, 1.82) is 0 Å². The van der Waals surface area contributed by atoms with Gasteiger partial charge < -0.3 is 14.4 Å².